The van der Waals surface area contributed by atoms with Gasteiger partial charge in [-0.3, -0.25) is 18.6 Å². The van der Waals surface area contributed by atoms with Gasteiger partial charge in [0.15, 0.2) is 6.10 Å². The SMILES string of the molecule is CC/C=C\C/C=C\CC(O)/C=C/C=C\C/C=C\CCCC(=O)O[C@H](COC(=O)CCCCCCC/C=C\CCCCCC)COP(=O)(O)OC[C@@H](O)CO. The van der Waals surface area contributed by atoms with Crippen LogP contribution in [0.5, 0.6) is 0 Å². The Kier molecular flexibility index (Phi) is 35.5. The molecule has 0 amide bonds. The average Bonchev–Trinajstić information content (AvgIpc) is 3.15. The highest BCUT2D eigenvalue weighted by Gasteiger charge is 2.27. The third-order valence-electron chi connectivity index (χ3n) is 7.93. The lowest BCUT2D eigenvalue weighted by Crippen LogP contribution is -2.29. The largest absolute Gasteiger partial charge is 0.472 e. The van der Waals surface area contributed by atoms with Crippen LogP contribution in [-0.4, -0.2) is 76.9 Å². The van der Waals surface area contributed by atoms with E-state index in [4.69, 9.17) is 19.1 Å². The zero-order chi connectivity index (χ0) is 40.0. The van der Waals surface area contributed by atoms with E-state index in [2.05, 4.69) is 42.7 Å². The van der Waals surface area contributed by atoms with Crippen LogP contribution in [0.15, 0.2) is 72.9 Å². The number of hydrogen-bond donors (Lipinski definition) is 4. The summed E-state index contributed by atoms with van der Waals surface area (Å²) >= 11 is 0. The summed E-state index contributed by atoms with van der Waals surface area (Å²) < 4.78 is 32.5. The van der Waals surface area contributed by atoms with E-state index < -0.39 is 57.9 Å². The molecule has 0 bridgehead atoms. The van der Waals surface area contributed by atoms with Crippen molar-refractivity contribution in [2.24, 2.45) is 0 Å². The number of aliphatic hydroxyl groups excluding tert-OH is 3. The Labute approximate surface area is 325 Å². The van der Waals surface area contributed by atoms with E-state index in [1.54, 1.807) is 6.08 Å². The molecule has 0 saturated carbocycles. The number of phosphoric acid groups is 1. The number of unbranched alkanes of at least 4 members (excludes halogenated alkanes) is 10. The van der Waals surface area contributed by atoms with Crippen LogP contribution in [0.2, 0.25) is 0 Å². The Morgan fingerprint density at radius 2 is 1.24 bits per heavy atom. The third kappa shape index (κ3) is 36.4. The zero-order valence-corrected chi connectivity index (χ0v) is 33.9. The van der Waals surface area contributed by atoms with Crippen LogP contribution in [0, 0.1) is 0 Å². The minimum atomic E-state index is -4.65. The van der Waals surface area contributed by atoms with Gasteiger partial charge in [-0.1, -0.05) is 125 Å². The summed E-state index contributed by atoms with van der Waals surface area (Å²) in [5.41, 5.74) is 0. The molecule has 0 saturated heterocycles. The Hall–Kier alpha value is -2.63. The molecule has 0 rings (SSSR count). The predicted molar refractivity (Wildman–Crippen MR) is 216 cm³/mol. The molecule has 0 aromatic heterocycles. The summed E-state index contributed by atoms with van der Waals surface area (Å²) in [7, 11) is -4.65. The Bertz CT molecular complexity index is 1150. The van der Waals surface area contributed by atoms with Crippen molar-refractivity contribution in [2.45, 2.75) is 154 Å². The zero-order valence-electron chi connectivity index (χ0n) is 33.0. The van der Waals surface area contributed by atoms with E-state index in [9.17, 15) is 29.3 Å². The van der Waals surface area contributed by atoms with Gasteiger partial charge in [0.2, 0.25) is 0 Å². The molecule has 0 heterocycles. The molecule has 310 valence electrons. The first-order chi connectivity index (χ1) is 26.1. The van der Waals surface area contributed by atoms with Crippen LogP contribution in [-0.2, 0) is 32.7 Å². The summed E-state index contributed by atoms with van der Waals surface area (Å²) in [5.74, 6) is -1.05. The van der Waals surface area contributed by atoms with Crippen molar-refractivity contribution < 1.29 is 52.9 Å². The van der Waals surface area contributed by atoms with Gasteiger partial charge in [0.25, 0.3) is 0 Å². The quantitative estimate of drug-likeness (QED) is 0.0157. The standard InChI is InChI=1S/C42H71O11P/c1-3-5-7-9-11-12-13-14-15-16-20-24-28-32-41(46)50-36-40(37-52-54(48,49)51-35-39(45)34-43)53-42(47)33-29-25-21-18-17-19-23-27-31-38(44)30-26-22-10-8-6-4-2/h6,8,12-13,18-19,21-23,26-27,31,38-40,43-45H,3-5,7,9-11,14-17,20,24-25,28-30,32-37H2,1-2H3,(H,48,49)/b8-6-,13-12-,21-18-,23-19-,26-22-,31-27+/t38?,39-,40+/m0/s1. The van der Waals surface area contributed by atoms with Crippen molar-refractivity contribution >= 4 is 19.8 Å². The van der Waals surface area contributed by atoms with Gasteiger partial charge in [0.05, 0.1) is 25.9 Å². The van der Waals surface area contributed by atoms with Gasteiger partial charge in [-0.15, -0.1) is 0 Å². The monoisotopic (exact) mass is 782 g/mol. The summed E-state index contributed by atoms with van der Waals surface area (Å²) in [6, 6.07) is 0. The van der Waals surface area contributed by atoms with Crippen molar-refractivity contribution in [3.8, 4) is 0 Å². The fourth-order valence-electron chi connectivity index (χ4n) is 4.81. The van der Waals surface area contributed by atoms with Gasteiger partial charge in [-0.2, -0.15) is 0 Å². The second-order valence-corrected chi connectivity index (χ2v) is 14.6. The maximum absolute atomic E-state index is 12.6. The first-order valence-electron chi connectivity index (χ1n) is 20.0. The molecule has 0 fully saturated rings. The van der Waals surface area contributed by atoms with Crippen molar-refractivity contribution in [2.75, 3.05) is 26.4 Å². The lowest BCUT2D eigenvalue weighted by Gasteiger charge is -2.20. The summed E-state index contributed by atoms with van der Waals surface area (Å²) in [6.07, 6.45) is 37.6. The highest BCUT2D eigenvalue weighted by molar-refractivity contribution is 7.47. The van der Waals surface area contributed by atoms with Gasteiger partial charge < -0.3 is 29.7 Å². The van der Waals surface area contributed by atoms with E-state index in [0.717, 1.165) is 51.4 Å². The van der Waals surface area contributed by atoms with E-state index >= 15 is 0 Å². The maximum atomic E-state index is 12.6. The van der Waals surface area contributed by atoms with Crippen LogP contribution in [0.1, 0.15) is 136 Å². The minimum Gasteiger partial charge on any atom is -0.462 e. The second kappa shape index (κ2) is 37.3. The van der Waals surface area contributed by atoms with Crippen molar-refractivity contribution in [3.63, 3.8) is 0 Å². The number of allylic oxidation sites excluding steroid dienone is 10. The molecular weight excluding hydrogens is 711 g/mol. The fraction of sp³-hybridized carbons (Fsp3) is 0.667. The van der Waals surface area contributed by atoms with Gasteiger partial charge in [0.1, 0.15) is 12.7 Å². The van der Waals surface area contributed by atoms with Crippen LogP contribution in [0.25, 0.3) is 0 Å². The molecule has 12 heteroatoms. The Balaban J connectivity index is 4.55. The minimum absolute atomic E-state index is 0.0688. The summed E-state index contributed by atoms with van der Waals surface area (Å²) in [6.45, 7) is 2.05. The van der Waals surface area contributed by atoms with Crippen molar-refractivity contribution in [1.29, 1.82) is 0 Å². The molecular formula is C42H71O11P. The molecule has 2 unspecified atom stereocenters. The number of hydrogen-bond acceptors (Lipinski definition) is 10. The molecule has 0 aromatic carbocycles. The number of ether oxygens (including phenoxy) is 2. The van der Waals surface area contributed by atoms with E-state index in [0.29, 0.717) is 32.1 Å². The second-order valence-electron chi connectivity index (χ2n) is 13.1. The average molecular weight is 783 g/mol. The van der Waals surface area contributed by atoms with Gasteiger partial charge in [-0.25, -0.2) is 4.57 Å². The van der Waals surface area contributed by atoms with Crippen molar-refractivity contribution in [3.05, 3.63) is 72.9 Å². The van der Waals surface area contributed by atoms with E-state index in [1.807, 2.05) is 42.5 Å². The van der Waals surface area contributed by atoms with E-state index in [1.165, 1.54) is 25.7 Å². The molecule has 0 aromatic rings. The molecule has 4 atom stereocenters. The molecule has 11 nitrogen and oxygen atoms in total. The molecule has 0 aliphatic rings. The molecule has 0 aliphatic carbocycles. The number of phosphoric ester groups is 1. The third-order valence-corrected chi connectivity index (χ3v) is 8.88. The predicted octanol–water partition coefficient (Wildman–Crippen LogP) is 9.08. The smallest absolute Gasteiger partial charge is 0.462 e. The number of rotatable bonds is 36. The van der Waals surface area contributed by atoms with Crippen LogP contribution >= 0.6 is 7.82 Å². The van der Waals surface area contributed by atoms with Gasteiger partial charge in [0, 0.05) is 12.8 Å². The number of carbonyl (C=O) groups excluding carboxylic acids is 2. The van der Waals surface area contributed by atoms with Crippen LogP contribution < -0.4 is 0 Å². The van der Waals surface area contributed by atoms with Crippen LogP contribution in [0.3, 0.4) is 0 Å². The van der Waals surface area contributed by atoms with Crippen LogP contribution in [0.4, 0.5) is 0 Å². The summed E-state index contributed by atoms with van der Waals surface area (Å²) in [4.78, 5) is 34.9. The topological polar surface area (TPSA) is 169 Å². The lowest BCUT2D eigenvalue weighted by molar-refractivity contribution is -0.161. The fourth-order valence-corrected chi connectivity index (χ4v) is 5.60. The number of aliphatic hydroxyl groups is 3. The highest BCUT2D eigenvalue weighted by Crippen LogP contribution is 2.43. The molecule has 0 aliphatic heterocycles. The van der Waals surface area contributed by atoms with E-state index in [-0.39, 0.29) is 19.4 Å². The normalized spacial score (nSPS) is 15.3. The maximum Gasteiger partial charge on any atom is 0.472 e. The Morgan fingerprint density at radius 3 is 1.96 bits per heavy atom. The van der Waals surface area contributed by atoms with Gasteiger partial charge in [-0.05, 0) is 70.6 Å². The number of carbonyl (C=O) groups is 2. The first kappa shape index (κ1) is 51.4. The summed E-state index contributed by atoms with van der Waals surface area (Å²) in [5, 5.41) is 28.3. The Morgan fingerprint density at radius 1 is 0.648 bits per heavy atom. The molecule has 0 radical (unpaired) electrons. The van der Waals surface area contributed by atoms with Crippen molar-refractivity contribution in [1.82, 2.24) is 0 Å². The highest BCUT2D eigenvalue weighted by atomic mass is 31.2. The number of esters is 2. The molecule has 4 N–H and O–H groups in total. The molecule has 54 heavy (non-hydrogen) atoms. The first-order valence-corrected chi connectivity index (χ1v) is 21.5. The lowest BCUT2D eigenvalue weighted by atomic mass is 10.1. The molecule has 0 spiro atoms. The van der Waals surface area contributed by atoms with Gasteiger partial charge >= 0.3 is 19.8 Å².